The molecule has 0 unspecified atom stereocenters. The Hall–Kier alpha value is -2.92. The number of carbonyl (C=O) groups excluding carboxylic acids is 1. The van der Waals surface area contributed by atoms with Crippen LogP contribution in [0.25, 0.3) is 21.2 Å². The van der Waals surface area contributed by atoms with Crippen molar-refractivity contribution in [1.82, 2.24) is 4.90 Å². The van der Waals surface area contributed by atoms with Gasteiger partial charge in [0.25, 0.3) is 0 Å². The van der Waals surface area contributed by atoms with Crippen LogP contribution in [0.15, 0.2) is 41.5 Å². The number of azide groups is 1. The van der Waals surface area contributed by atoms with Gasteiger partial charge in [-0.3, -0.25) is 0 Å². The van der Waals surface area contributed by atoms with E-state index in [1.807, 2.05) is 51.1 Å². The van der Waals surface area contributed by atoms with Gasteiger partial charge >= 0.3 is 6.09 Å². The van der Waals surface area contributed by atoms with Crippen molar-refractivity contribution < 1.29 is 14.3 Å². The fourth-order valence-corrected chi connectivity index (χ4v) is 3.03. The molecule has 0 spiro atoms. The minimum atomic E-state index is -0.525. The maximum absolute atomic E-state index is 12.7. The molecule has 0 saturated heterocycles. The molecule has 0 bridgehead atoms. The Labute approximate surface area is 164 Å². The van der Waals surface area contributed by atoms with Crippen molar-refractivity contribution in [3.8, 4) is 5.75 Å². The SMILES string of the molecule is CC(C)(C)OC(=O)N(Cc1cc(OCCN=[N+]=[N-])c2ccccc2c1)C1CC1. The Morgan fingerprint density at radius 3 is 2.71 bits per heavy atom. The molecule has 7 nitrogen and oxygen atoms in total. The van der Waals surface area contributed by atoms with E-state index < -0.39 is 5.60 Å². The van der Waals surface area contributed by atoms with Crippen molar-refractivity contribution >= 4 is 16.9 Å². The van der Waals surface area contributed by atoms with E-state index in [9.17, 15) is 4.79 Å². The summed E-state index contributed by atoms with van der Waals surface area (Å²) in [6.45, 7) is 6.67. The summed E-state index contributed by atoms with van der Waals surface area (Å²) >= 11 is 0. The van der Waals surface area contributed by atoms with Gasteiger partial charge in [0.2, 0.25) is 0 Å². The van der Waals surface area contributed by atoms with Gasteiger partial charge in [-0.15, -0.1) is 0 Å². The van der Waals surface area contributed by atoms with Gasteiger partial charge in [-0.25, -0.2) is 4.79 Å². The Morgan fingerprint density at radius 2 is 2.04 bits per heavy atom. The first-order valence-electron chi connectivity index (χ1n) is 9.52. The van der Waals surface area contributed by atoms with Crippen LogP contribution in [0.4, 0.5) is 4.79 Å². The first kappa shape index (κ1) is 19.8. The number of carbonyl (C=O) groups is 1. The molecule has 0 radical (unpaired) electrons. The Bertz CT molecular complexity index is 896. The molecular weight excluding hydrogens is 356 g/mol. The van der Waals surface area contributed by atoms with E-state index in [1.54, 1.807) is 4.90 Å². The smallest absolute Gasteiger partial charge is 0.410 e. The van der Waals surface area contributed by atoms with Crippen LogP contribution in [0.3, 0.4) is 0 Å². The lowest BCUT2D eigenvalue weighted by Gasteiger charge is -2.27. The molecule has 28 heavy (non-hydrogen) atoms. The topological polar surface area (TPSA) is 87.5 Å². The van der Waals surface area contributed by atoms with Crippen LogP contribution in [0, 0.1) is 0 Å². The van der Waals surface area contributed by atoms with Crippen LogP contribution in [0.2, 0.25) is 0 Å². The molecule has 0 N–H and O–H groups in total. The van der Waals surface area contributed by atoms with Crippen LogP contribution >= 0.6 is 0 Å². The molecule has 3 rings (SSSR count). The highest BCUT2D eigenvalue weighted by Gasteiger charge is 2.35. The zero-order valence-corrected chi connectivity index (χ0v) is 16.6. The van der Waals surface area contributed by atoms with E-state index in [4.69, 9.17) is 15.0 Å². The lowest BCUT2D eigenvalue weighted by molar-refractivity contribution is 0.0216. The summed E-state index contributed by atoms with van der Waals surface area (Å²) in [5, 5.41) is 5.54. The highest BCUT2D eigenvalue weighted by atomic mass is 16.6. The van der Waals surface area contributed by atoms with Gasteiger partial charge in [0.05, 0.1) is 13.2 Å². The number of nitrogens with zero attached hydrogens (tertiary/aromatic N) is 4. The maximum Gasteiger partial charge on any atom is 0.410 e. The Kier molecular flexibility index (Phi) is 5.95. The van der Waals surface area contributed by atoms with E-state index in [0.29, 0.717) is 13.2 Å². The molecule has 1 amide bonds. The van der Waals surface area contributed by atoms with E-state index in [0.717, 1.165) is 34.9 Å². The second-order valence-corrected chi connectivity index (χ2v) is 7.96. The zero-order chi connectivity index (χ0) is 20.1. The number of amides is 1. The average molecular weight is 382 g/mol. The summed E-state index contributed by atoms with van der Waals surface area (Å²) in [5.74, 6) is 0.723. The summed E-state index contributed by atoms with van der Waals surface area (Å²) < 4.78 is 11.5. The molecule has 0 aromatic heterocycles. The van der Waals surface area contributed by atoms with Crippen molar-refractivity contribution in [3.05, 3.63) is 52.4 Å². The van der Waals surface area contributed by atoms with E-state index >= 15 is 0 Å². The lowest BCUT2D eigenvalue weighted by Crippen LogP contribution is -2.37. The van der Waals surface area contributed by atoms with Crippen LogP contribution in [-0.4, -0.2) is 35.8 Å². The number of hydrogen-bond donors (Lipinski definition) is 0. The Morgan fingerprint density at radius 1 is 1.29 bits per heavy atom. The number of benzene rings is 2. The van der Waals surface area contributed by atoms with Crippen molar-refractivity contribution in [2.24, 2.45) is 5.11 Å². The molecule has 0 atom stereocenters. The summed E-state index contributed by atoms with van der Waals surface area (Å²) in [7, 11) is 0. The van der Waals surface area contributed by atoms with E-state index in [2.05, 4.69) is 16.1 Å². The van der Waals surface area contributed by atoms with Gasteiger partial charge in [-0.05, 0) is 62.2 Å². The summed E-state index contributed by atoms with van der Waals surface area (Å²) in [6, 6.07) is 12.2. The second-order valence-electron chi connectivity index (χ2n) is 7.96. The molecule has 0 aliphatic heterocycles. The second kappa shape index (κ2) is 8.40. The van der Waals surface area contributed by atoms with Crippen LogP contribution < -0.4 is 4.74 Å². The van der Waals surface area contributed by atoms with Gasteiger partial charge in [0, 0.05) is 22.9 Å². The van der Waals surface area contributed by atoms with Crippen molar-refractivity contribution in [2.45, 2.75) is 51.8 Å². The average Bonchev–Trinajstić information content (AvgIpc) is 3.46. The van der Waals surface area contributed by atoms with E-state index in [1.165, 1.54) is 0 Å². The molecule has 1 saturated carbocycles. The molecular formula is C21H26N4O3. The molecule has 1 fully saturated rings. The predicted octanol–water partition coefficient (Wildman–Crippen LogP) is 5.43. The first-order chi connectivity index (χ1) is 13.4. The number of hydrogen-bond acceptors (Lipinski definition) is 4. The van der Waals surface area contributed by atoms with Crippen molar-refractivity contribution in [1.29, 1.82) is 0 Å². The molecule has 2 aromatic rings. The molecule has 0 heterocycles. The van der Waals surface area contributed by atoms with Gasteiger partial charge in [0.15, 0.2) is 0 Å². The highest BCUT2D eigenvalue weighted by molar-refractivity contribution is 5.89. The van der Waals surface area contributed by atoms with Gasteiger partial charge in [-0.2, -0.15) is 0 Å². The zero-order valence-electron chi connectivity index (χ0n) is 16.6. The lowest BCUT2D eigenvalue weighted by atomic mass is 10.1. The quantitative estimate of drug-likeness (QED) is 0.277. The summed E-state index contributed by atoms with van der Waals surface area (Å²) in [5.41, 5.74) is 8.88. The van der Waals surface area contributed by atoms with Gasteiger partial charge in [-0.1, -0.05) is 29.4 Å². The predicted molar refractivity (Wildman–Crippen MR) is 108 cm³/mol. The third-order valence-corrected chi connectivity index (χ3v) is 4.36. The molecule has 1 aliphatic rings. The van der Waals surface area contributed by atoms with Crippen molar-refractivity contribution in [3.63, 3.8) is 0 Å². The Balaban J connectivity index is 1.84. The molecule has 7 heteroatoms. The monoisotopic (exact) mass is 382 g/mol. The minimum absolute atomic E-state index is 0.232. The van der Waals surface area contributed by atoms with Crippen molar-refractivity contribution in [2.75, 3.05) is 13.2 Å². The van der Waals surface area contributed by atoms with Gasteiger partial charge in [0.1, 0.15) is 11.4 Å². The number of fused-ring (bicyclic) bond motifs is 1. The molecule has 148 valence electrons. The normalized spacial score (nSPS) is 13.7. The van der Waals surface area contributed by atoms with E-state index in [-0.39, 0.29) is 18.7 Å². The minimum Gasteiger partial charge on any atom is -0.493 e. The standard InChI is InChI=1S/C21H26N4O3/c1-21(2,3)28-20(26)25(17-8-9-17)14-15-12-16-6-4-5-7-18(16)19(13-15)27-11-10-23-24-22/h4-7,12-13,17H,8-11,14H2,1-3H3. The maximum atomic E-state index is 12.7. The molecule has 1 aliphatic carbocycles. The highest BCUT2D eigenvalue weighted by Crippen LogP contribution is 2.33. The fourth-order valence-electron chi connectivity index (χ4n) is 3.03. The summed E-state index contributed by atoms with van der Waals surface area (Å²) in [4.78, 5) is 17.2. The summed E-state index contributed by atoms with van der Waals surface area (Å²) in [6.07, 6.45) is 1.72. The molecule has 2 aromatic carbocycles. The van der Waals surface area contributed by atoms with Crippen LogP contribution in [-0.2, 0) is 11.3 Å². The van der Waals surface area contributed by atoms with Crippen LogP contribution in [0.5, 0.6) is 5.75 Å². The fraction of sp³-hybridized carbons (Fsp3) is 0.476. The number of ether oxygens (including phenoxy) is 2. The largest absolute Gasteiger partial charge is 0.493 e. The third kappa shape index (κ3) is 5.30. The number of rotatable bonds is 7. The van der Waals surface area contributed by atoms with Gasteiger partial charge < -0.3 is 14.4 Å². The van der Waals surface area contributed by atoms with Crippen LogP contribution in [0.1, 0.15) is 39.2 Å². The third-order valence-electron chi connectivity index (χ3n) is 4.36. The first-order valence-corrected chi connectivity index (χ1v) is 9.52.